The minimum absolute atomic E-state index is 0.0362. The summed E-state index contributed by atoms with van der Waals surface area (Å²) in [4.78, 5) is 26.7. The molecule has 0 N–H and O–H groups in total. The van der Waals surface area contributed by atoms with E-state index in [1.54, 1.807) is 0 Å². The van der Waals surface area contributed by atoms with Crippen molar-refractivity contribution in [3.8, 4) is 11.3 Å². The zero-order valence-electron chi connectivity index (χ0n) is 17.9. The number of aromatic nitrogens is 3. The molecule has 1 unspecified atom stereocenters. The van der Waals surface area contributed by atoms with Crippen molar-refractivity contribution in [2.45, 2.75) is 64.8 Å². The first kappa shape index (κ1) is 19.9. The first-order valence-electron chi connectivity index (χ1n) is 10.8. The number of likely N-dealkylation sites (tertiary alicyclic amines) is 1. The predicted molar refractivity (Wildman–Crippen MR) is 112 cm³/mol. The van der Waals surface area contributed by atoms with Gasteiger partial charge in [-0.3, -0.25) is 4.79 Å². The Hall–Kier alpha value is -2.44. The molecular formula is C22H31N5O2. The van der Waals surface area contributed by atoms with Crippen molar-refractivity contribution in [2.75, 3.05) is 25.5 Å². The maximum Gasteiger partial charge on any atom is 0.226 e. The molecule has 2 aromatic rings. The number of rotatable bonds is 4. The zero-order valence-corrected chi connectivity index (χ0v) is 17.9. The minimum atomic E-state index is -0.0362. The van der Waals surface area contributed by atoms with E-state index in [2.05, 4.69) is 15.0 Å². The largest absolute Gasteiger partial charge is 0.356 e. The summed E-state index contributed by atoms with van der Waals surface area (Å²) in [5, 5.41) is 4.12. The Morgan fingerprint density at radius 2 is 1.90 bits per heavy atom. The lowest BCUT2D eigenvalue weighted by Gasteiger charge is -2.31. The molecule has 1 amide bonds. The smallest absolute Gasteiger partial charge is 0.226 e. The van der Waals surface area contributed by atoms with Crippen molar-refractivity contribution in [2.24, 2.45) is 5.92 Å². The van der Waals surface area contributed by atoms with Crippen LogP contribution in [0.2, 0.25) is 0 Å². The van der Waals surface area contributed by atoms with Crippen LogP contribution in [0.25, 0.3) is 11.3 Å². The van der Waals surface area contributed by atoms with Crippen molar-refractivity contribution in [1.82, 2.24) is 20.0 Å². The topological polar surface area (TPSA) is 75.4 Å². The Balaban J connectivity index is 1.74. The number of carbonyl (C=O) groups is 1. The van der Waals surface area contributed by atoms with Crippen molar-refractivity contribution >= 4 is 11.9 Å². The number of hydrogen-bond donors (Lipinski definition) is 0. The van der Waals surface area contributed by atoms with E-state index >= 15 is 0 Å². The van der Waals surface area contributed by atoms with Gasteiger partial charge in [-0.1, -0.05) is 24.4 Å². The number of nitrogens with zero attached hydrogens (tertiary/aromatic N) is 5. The van der Waals surface area contributed by atoms with Gasteiger partial charge in [0.1, 0.15) is 0 Å². The van der Waals surface area contributed by atoms with Crippen LogP contribution in [0.3, 0.4) is 0 Å². The third kappa shape index (κ3) is 3.74. The summed E-state index contributed by atoms with van der Waals surface area (Å²) in [7, 11) is 3.87. The molecule has 7 heteroatoms. The molecule has 2 fully saturated rings. The summed E-state index contributed by atoms with van der Waals surface area (Å²) >= 11 is 0. The third-order valence-corrected chi connectivity index (χ3v) is 6.41. The highest BCUT2D eigenvalue weighted by molar-refractivity contribution is 5.80. The van der Waals surface area contributed by atoms with Crippen LogP contribution < -0.4 is 4.90 Å². The van der Waals surface area contributed by atoms with E-state index in [-0.39, 0.29) is 12.0 Å². The van der Waals surface area contributed by atoms with E-state index in [0.717, 1.165) is 67.6 Å². The predicted octanol–water partition coefficient (Wildman–Crippen LogP) is 4.06. The summed E-state index contributed by atoms with van der Waals surface area (Å²) in [5.74, 6) is 1.82. The quantitative estimate of drug-likeness (QED) is 0.774. The summed E-state index contributed by atoms with van der Waals surface area (Å²) in [5.41, 5.74) is 3.59. The molecule has 0 aromatic carbocycles. The standard InChI is InChI=1S/C22H31N5O2/c1-14-15(2)25-29-20(14)17-13-23-22(26(3)4)24-19(17)18-11-8-12-27(18)21(28)16-9-6-5-7-10-16/h13,16,18H,5-12H2,1-4H3. The average molecular weight is 398 g/mol. The summed E-state index contributed by atoms with van der Waals surface area (Å²) in [6.45, 7) is 4.74. The second-order valence-electron chi connectivity index (χ2n) is 8.61. The highest BCUT2D eigenvalue weighted by Crippen LogP contribution is 2.40. The lowest BCUT2D eigenvalue weighted by atomic mass is 9.88. The fourth-order valence-electron chi connectivity index (χ4n) is 4.60. The van der Waals surface area contributed by atoms with Gasteiger partial charge in [-0.25, -0.2) is 9.97 Å². The minimum Gasteiger partial charge on any atom is -0.356 e. The lowest BCUT2D eigenvalue weighted by Crippen LogP contribution is -2.37. The molecular weight excluding hydrogens is 366 g/mol. The number of amides is 1. The first-order chi connectivity index (χ1) is 14.0. The van der Waals surface area contributed by atoms with Crippen LogP contribution in [-0.2, 0) is 4.79 Å². The van der Waals surface area contributed by atoms with Crippen LogP contribution in [0, 0.1) is 19.8 Å². The van der Waals surface area contributed by atoms with Gasteiger partial charge in [0.25, 0.3) is 0 Å². The zero-order chi connectivity index (χ0) is 20.5. The van der Waals surface area contributed by atoms with Crippen LogP contribution >= 0.6 is 0 Å². The monoisotopic (exact) mass is 397 g/mol. The van der Waals surface area contributed by atoms with Gasteiger partial charge in [-0.2, -0.15) is 0 Å². The van der Waals surface area contributed by atoms with E-state index in [1.807, 2.05) is 39.0 Å². The Labute approximate surface area is 172 Å². The Morgan fingerprint density at radius 3 is 2.55 bits per heavy atom. The molecule has 1 saturated heterocycles. The second-order valence-corrected chi connectivity index (χ2v) is 8.61. The van der Waals surface area contributed by atoms with Crippen molar-refractivity contribution in [1.29, 1.82) is 0 Å². The summed E-state index contributed by atoms with van der Waals surface area (Å²) in [6, 6.07) is -0.0362. The molecule has 2 aliphatic rings. The van der Waals surface area contributed by atoms with Gasteiger partial charge in [0.15, 0.2) is 5.76 Å². The number of carbonyl (C=O) groups excluding carboxylic acids is 1. The van der Waals surface area contributed by atoms with E-state index in [0.29, 0.717) is 17.6 Å². The molecule has 4 rings (SSSR count). The molecule has 0 radical (unpaired) electrons. The van der Waals surface area contributed by atoms with Crippen molar-refractivity contribution < 1.29 is 9.32 Å². The van der Waals surface area contributed by atoms with Crippen LogP contribution in [-0.4, -0.2) is 46.6 Å². The van der Waals surface area contributed by atoms with Gasteiger partial charge in [0.05, 0.1) is 23.0 Å². The van der Waals surface area contributed by atoms with E-state index in [9.17, 15) is 4.79 Å². The Kier molecular flexibility index (Phi) is 5.56. The van der Waals surface area contributed by atoms with Gasteiger partial charge in [-0.05, 0) is 39.5 Å². The summed E-state index contributed by atoms with van der Waals surface area (Å²) < 4.78 is 5.65. The Morgan fingerprint density at radius 1 is 1.14 bits per heavy atom. The molecule has 1 aliphatic carbocycles. The van der Waals surface area contributed by atoms with Gasteiger partial charge in [0, 0.05) is 38.3 Å². The van der Waals surface area contributed by atoms with Gasteiger partial charge >= 0.3 is 0 Å². The van der Waals surface area contributed by atoms with Crippen LogP contribution in [0.15, 0.2) is 10.7 Å². The van der Waals surface area contributed by atoms with Gasteiger partial charge < -0.3 is 14.3 Å². The highest BCUT2D eigenvalue weighted by Gasteiger charge is 2.37. The molecule has 1 atom stereocenters. The third-order valence-electron chi connectivity index (χ3n) is 6.41. The van der Waals surface area contributed by atoms with E-state index < -0.39 is 0 Å². The van der Waals surface area contributed by atoms with Crippen molar-refractivity contribution in [3.05, 3.63) is 23.1 Å². The van der Waals surface area contributed by atoms with Crippen LogP contribution in [0.1, 0.15) is 67.9 Å². The second kappa shape index (κ2) is 8.13. The fourth-order valence-corrected chi connectivity index (χ4v) is 4.60. The molecule has 29 heavy (non-hydrogen) atoms. The van der Waals surface area contributed by atoms with Gasteiger partial charge in [0.2, 0.25) is 11.9 Å². The maximum absolute atomic E-state index is 13.4. The lowest BCUT2D eigenvalue weighted by molar-refractivity contribution is -0.137. The van der Waals surface area contributed by atoms with Crippen LogP contribution in [0.5, 0.6) is 0 Å². The normalized spacial score (nSPS) is 20.3. The van der Waals surface area contributed by atoms with Crippen LogP contribution in [0.4, 0.5) is 5.95 Å². The van der Waals surface area contributed by atoms with E-state index in [4.69, 9.17) is 9.51 Å². The fraction of sp³-hybridized carbons (Fsp3) is 0.636. The molecule has 1 aliphatic heterocycles. The molecule has 0 spiro atoms. The van der Waals surface area contributed by atoms with E-state index in [1.165, 1.54) is 6.42 Å². The SMILES string of the molecule is Cc1noc(-c2cnc(N(C)C)nc2C2CCCN2C(=O)C2CCCCC2)c1C. The first-order valence-corrected chi connectivity index (χ1v) is 10.8. The van der Waals surface area contributed by atoms with Crippen molar-refractivity contribution in [3.63, 3.8) is 0 Å². The molecule has 2 aromatic heterocycles. The van der Waals surface area contributed by atoms with Gasteiger partial charge in [-0.15, -0.1) is 0 Å². The highest BCUT2D eigenvalue weighted by atomic mass is 16.5. The molecule has 7 nitrogen and oxygen atoms in total. The average Bonchev–Trinajstić information content (AvgIpc) is 3.35. The molecule has 0 bridgehead atoms. The molecule has 1 saturated carbocycles. The number of anilines is 1. The maximum atomic E-state index is 13.4. The molecule has 3 heterocycles. The number of hydrogen-bond acceptors (Lipinski definition) is 6. The number of aryl methyl sites for hydroxylation is 1. The summed E-state index contributed by atoms with van der Waals surface area (Å²) in [6.07, 6.45) is 9.35. The molecule has 156 valence electrons. The Bertz CT molecular complexity index is 885.